The first-order valence-corrected chi connectivity index (χ1v) is 6.82. The maximum absolute atomic E-state index is 11.8. The lowest BCUT2D eigenvalue weighted by Gasteiger charge is -2.08. The molecule has 6 heteroatoms. The lowest BCUT2D eigenvalue weighted by Crippen LogP contribution is -2.21. The first-order chi connectivity index (χ1) is 10.1. The van der Waals surface area contributed by atoms with Crippen LogP contribution in [-0.2, 0) is 4.79 Å². The van der Waals surface area contributed by atoms with Crippen LogP contribution in [0.1, 0.15) is 5.56 Å². The number of halogens is 2. The van der Waals surface area contributed by atoms with Crippen molar-refractivity contribution in [3.05, 3.63) is 58.1 Å². The van der Waals surface area contributed by atoms with Crippen molar-refractivity contribution in [2.45, 2.75) is 0 Å². The molecular formula is C15H11Cl2N3O. The van der Waals surface area contributed by atoms with Crippen LogP contribution < -0.4 is 10.6 Å². The average molecular weight is 320 g/mol. The lowest BCUT2D eigenvalue weighted by atomic mass is 10.2. The Morgan fingerprint density at radius 2 is 1.81 bits per heavy atom. The fraction of sp³-hybridized carbons (Fsp3) is 0.0667. The van der Waals surface area contributed by atoms with Crippen LogP contribution in [0.2, 0.25) is 10.0 Å². The minimum absolute atomic E-state index is 0.0685. The van der Waals surface area contributed by atoms with Gasteiger partial charge in [-0.15, -0.1) is 0 Å². The second-order valence-corrected chi connectivity index (χ2v) is 5.13. The Labute approximate surface area is 132 Å². The van der Waals surface area contributed by atoms with Crippen LogP contribution in [0.5, 0.6) is 0 Å². The smallest absolute Gasteiger partial charge is 0.243 e. The number of anilines is 2. The topological polar surface area (TPSA) is 64.9 Å². The van der Waals surface area contributed by atoms with E-state index in [0.717, 1.165) is 0 Å². The summed E-state index contributed by atoms with van der Waals surface area (Å²) < 4.78 is 0. The van der Waals surface area contributed by atoms with E-state index in [9.17, 15) is 4.79 Å². The molecule has 0 aromatic heterocycles. The van der Waals surface area contributed by atoms with E-state index < -0.39 is 0 Å². The van der Waals surface area contributed by atoms with E-state index in [2.05, 4.69) is 10.6 Å². The standard InChI is InChI=1S/C15H11Cl2N3O/c16-11-5-12(17)7-14(6-11)20-15(21)9-19-13-3-1-2-10(4-13)8-18/h1-7,19H,9H2,(H,20,21). The molecule has 2 rings (SSSR count). The monoisotopic (exact) mass is 319 g/mol. The van der Waals surface area contributed by atoms with Crippen LogP contribution >= 0.6 is 23.2 Å². The highest BCUT2D eigenvalue weighted by Crippen LogP contribution is 2.22. The third-order valence-electron chi connectivity index (χ3n) is 2.59. The maximum Gasteiger partial charge on any atom is 0.243 e. The van der Waals surface area contributed by atoms with Crippen molar-refractivity contribution >= 4 is 40.5 Å². The first-order valence-electron chi connectivity index (χ1n) is 6.07. The average Bonchev–Trinajstić information content (AvgIpc) is 2.44. The van der Waals surface area contributed by atoms with Gasteiger partial charge >= 0.3 is 0 Å². The fourth-order valence-corrected chi connectivity index (χ4v) is 2.24. The Balaban J connectivity index is 1.94. The third kappa shape index (κ3) is 4.67. The minimum atomic E-state index is -0.240. The van der Waals surface area contributed by atoms with Crippen molar-refractivity contribution in [2.75, 3.05) is 17.2 Å². The summed E-state index contributed by atoms with van der Waals surface area (Å²) in [7, 11) is 0. The SMILES string of the molecule is N#Cc1cccc(NCC(=O)Nc2cc(Cl)cc(Cl)c2)c1. The number of rotatable bonds is 4. The van der Waals surface area contributed by atoms with Crippen molar-refractivity contribution in [1.29, 1.82) is 5.26 Å². The Hall–Kier alpha value is -2.22. The summed E-state index contributed by atoms with van der Waals surface area (Å²) in [6.45, 7) is 0.0685. The molecule has 0 bridgehead atoms. The van der Waals surface area contributed by atoms with E-state index in [-0.39, 0.29) is 12.5 Å². The van der Waals surface area contributed by atoms with Crippen LogP contribution in [0.15, 0.2) is 42.5 Å². The molecule has 0 radical (unpaired) electrons. The molecule has 0 aliphatic rings. The van der Waals surface area contributed by atoms with Crippen molar-refractivity contribution in [3.63, 3.8) is 0 Å². The maximum atomic E-state index is 11.8. The van der Waals surface area contributed by atoms with Crippen molar-refractivity contribution < 1.29 is 4.79 Å². The summed E-state index contributed by atoms with van der Waals surface area (Å²) in [5.41, 5.74) is 1.76. The first kappa shape index (κ1) is 15.2. The Morgan fingerprint density at radius 3 is 2.48 bits per heavy atom. The number of carbonyl (C=O) groups excluding carboxylic acids is 1. The normalized spacial score (nSPS) is 9.76. The molecule has 0 saturated heterocycles. The second-order valence-electron chi connectivity index (χ2n) is 4.25. The molecule has 0 unspecified atom stereocenters. The summed E-state index contributed by atoms with van der Waals surface area (Å²) in [5.74, 6) is -0.240. The molecule has 0 aliphatic heterocycles. The number of nitrogens with zero attached hydrogens (tertiary/aromatic N) is 1. The number of amides is 1. The molecule has 0 heterocycles. The molecule has 0 spiro atoms. The molecule has 1 amide bonds. The summed E-state index contributed by atoms with van der Waals surface area (Å²) in [5, 5.41) is 15.3. The number of benzene rings is 2. The van der Waals surface area contributed by atoms with E-state index in [1.807, 2.05) is 6.07 Å². The van der Waals surface area contributed by atoms with Crippen LogP contribution in [0.25, 0.3) is 0 Å². The van der Waals surface area contributed by atoms with Crippen LogP contribution in [0.4, 0.5) is 11.4 Å². The van der Waals surface area contributed by atoms with Gasteiger partial charge in [0.2, 0.25) is 5.91 Å². The molecule has 21 heavy (non-hydrogen) atoms. The number of hydrogen-bond acceptors (Lipinski definition) is 3. The van der Waals surface area contributed by atoms with Gasteiger partial charge in [-0.1, -0.05) is 29.3 Å². The number of nitriles is 1. The van der Waals surface area contributed by atoms with E-state index in [0.29, 0.717) is 27.0 Å². The van der Waals surface area contributed by atoms with Crippen molar-refractivity contribution in [3.8, 4) is 6.07 Å². The number of nitrogens with one attached hydrogen (secondary N) is 2. The van der Waals surface area contributed by atoms with Gasteiger partial charge in [0, 0.05) is 21.4 Å². The summed E-state index contributed by atoms with van der Waals surface area (Å²) in [6, 6.07) is 13.7. The molecule has 2 aromatic carbocycles. The highest BCUT2D eigenvalue weighted by atomic mass is 35.5. The molecule has 2 N–H and O–H groups in total. The van der Waals surface area contributed by atoms with E-state index in [1.54, 1.807) is 42.5 Å². The van der Waals surface area contributed by atoms with Crippen LogP contribution in [0, 0.1) is 11.3 Å². The van der Waals surface area contributed by atoms with Gasteiger partial charge in [0.05, 0.1) is 18.2 Å². The Kier molecular flexibility index (Phi) is 5.04. The zero-order valence-electron chi connectivity index (χ0n) is 10.9. The van der Waals surface area contributed by atoms with Crippen LogP contribution in [0.3, 0.4) is 0 Å². The summed E-state index contributed by atoms with van der Waals surface area (Å²) in [6.07, 6.45) is 0. The quantitative estimate of drug-likeness (QED) is 0.897. The third-order valence-corrected chi connectivity index (χ3v) is 3.03. The molecule has 0 saturated carbocycles. The molecule has 2 aromatic rings. The van der Waals surface area contributed by atoms with Gasteiger partial charge < -0.3 is 10.6 Å². The summed E-state index contributed by atoms with van der Waals surface area (Å²) >= 11 is 11.7. The summed E-state index contributed by atoms with van der Waals surface area (Å²) in [4.78, 5) is 11.8. The molecular weight excluding hydrogens is 309 g/mol. The zero-order chi connectivity index (χ0) is 15.2. The molecule has 4 nitrogen and oxygen atoms in total. The Morgan fingerprint density at radius 1 is 1.10 bits per heavy atom. The molecule has 0 atom stereocenters. The van der Waals surface area contributed by atoms with Crippen molar-refractivity contribution in [1.82, 2.24) is 0 Å². The van der Waals surface area contributed by atoms with Gasteiger partial charge in [0.1, 0.15) is 0 Å². The van der Waals surface area contributed by atoms with Crippen molar-refractivity contribution in [2.24, 2.45) is 0 Å². The predicted molar refractivity (Wildman–Crippen MR) is 84.7 cm³/mol. The lowest BCUT2D eigenvalue weighted by molar-refractivity contribution is -0.114. The highest BCUT2D eigenvalue weighted by molar-refractivity contribution is 6.35. The molecule has 106 valence electrons. The minimum Gasteiger partial charge on any atom is -0.376 e. The van der Waals surface area contributed by atoms with Gasteiger partial charge in [-0.05, 0) is 36.4 Å². The number of carbonyl (C=O) groups is 1. The molecule has 0 aliphatic carbocycles. The van der Waals surface area contributed by atoms with E-state index in [1.165, 1.54) is 0 Å². The zero-order valence-corrected chi connectivity index (χ0v) is 12.4. The van der Waals surface area contributed by atoms with Gasteiger partial charge in [-0.2, -0.15) is 5.26 Å². The van der Waals surface area contributed by atoms with E-state index in [4.69, 9.17) is 28.5 Å². The number of hydrogen-bond donors (Lipinski definition) is 2. The van der Waals surface area contributed by atoms with Gasteiger partial charge in [-0.25, -0.2) is 0 Å². The Bertz CT molecular complexity index is 690. The van der Waals surface area contributed by atoms with Gasteiger partial charge in [0.15, 0.2) is 0 Å². The second kappa shape index (κ2) is 6.98. The van der Waals surface area contributed by atoms with Gasteiger partial charge in [0.25, 0.3) is 0 Å². The van der Waals surface area contributed by atoms with Crippen LogP contribution in [-0.4, -0.2) is 12.5 Å². The van der Waals surface area contributed by atoms with E-state index >= 15 is 0 Å². The predicted octanol–water partition coefficient (Wildman–Crippen LogP) is 3.92. The highest BCUT2D eigenvalue weighted by Gasteiger charge is 2.04. The fourth-order valence-electron chi connectivity index (χ4n) is 1.71. The molecule has 0 fully saturated rings. The van der Waals surface area contributed by atoms with Gasteiger partial charge in [-0.3, -0.25) is 4.79 Å². The largest absolute Gasteiger partial charge is 0.376 e.